The number of nitrogens with one attached hydrogen (secondary N) is 1. The number of carbonyl (C=O) groups is 2. The lowest BCUT2D eigenvalue weighted by Crippen LogP contribution is -2.24. The Morgan fingerprint density at radius 1 is 1.09 bits per heavy atom. The maximum absolute atomic E-state index is 12.3. The van der Waals surface area contributed by atoms with Crippen LogP contribution in [-0.4, -0.2) is 18.4 Å². The summed E-state index contributed by atoms with van der Waals surface area (Å²) in [5, 5.41) is 2.91. The zero-order chi connectivity index (χ0) is 16.4. The van der Waals surface area contributed by atoms with Gasteiger partial charge in [0, 0.05) is 29.9 Å². The summed E-state index contributed by atoms with van der Waals surface area (Å²) in [5.41, 5.74) is 4.41. The number of aryl methyl sites for hydroxylation is 2. The Kier molecular flexibility index (Phi) is 4.15. The lowest BCUT2D eigenvalue weighted by Gasteiger charge is -2.19. The van der Waals surface area contributed by atoms with Crippen LogP contribution in [0.4, 0.5) is 11.4 Å². The van der Waals surface area contributed by atoms with Gasteiger partial charge in [-0.05, 0) is 56.2 Å². The van der Waals surface area contributed by atoms with Crippen molar-refractivity contribution in [3.63, 3.8) is 0 Å². The molecule has 1 saturated heterocycles. The minimum absolute atomic E-state index is 0.130. The average Bonchev–Trinajstić information content (AvgIpc) is 2.94. The lowest BCUT2D eigenvalue weighted by atomic mass is 10.1. The molecule has 0 aromatic heterocycles. The molecule has 23 heavy (non-hydrogen) atoms. The topological polar surface area (TPSA) is 49.4 Å². The Hall–Kier alpha value is -2.62. The van der Waals surface area contributed by atoms with Gasteiger partial charge < -0.3 is 10.2 Å². The molecule has 0 aliphatic carbocycles. The minimum atomic E-state index is -0.130. The standard InChI is InChI=1S/C19H20N2O2/c1-13-5-7-15(8-6-13)19(23)20-16-9-10-17(14(2)12-16)21-11-3-4-18(21)22/h5-10,12H,3-4,11H2,1-2H3,(H,20,23). The van der Waals surface area contributed by atoms with Crippen molar-refractivity contribution in [2.24, 2.45) is 0 Å². The van der Waals surface area contributed by atoms with Crippen molar-refractivity contribution in [1.29, 1.82) is 0 Å². The van der Waals surface area contributed by atoms with E-state index in [0.29, 0.717) is 12.0 Å². The molecule has 1 N–H and O–H groups in total. The van der Waals surface area contributed by atoms with Gasteiger partial charge in [-0.3, -0.25) is 9.59 Å². The third-order valence-corrected chi connectivity index (χ3v) is 4.13. The molecule has 1 heterocycles. The van der Waals surface area contributed by atoms with Crippen molar-refractivity contribution >= 4 is 23.2 Å². The van der Waals surface area contributed by atoms with E-state index in [4.69, 9.17) is 0 Å². The lowest BCUT2D eigenvalue weighted by molar-refractivity contribution is -0.117. The van der Waals surface area contributed by atoms with Crippen LogP contribution in [0.15, 0.2) is 42.5 Å². The summed E-state index contributed by atoms with van der Waals surface area (Å²) < 4.78 is 0. The molecule has 3 rings (SSSR count). The molecule has 0 unspecified atom stereocenters. The molecule has 2 aromatic rings. The first kappa shape index (κ1) is 15.3. The molecular formula is C19H20N2O2. The van der Waals surface area contributed by atoms with Crippen LogP contribution in [0, 0.1) is 13.8 Å². The van der Waals surface area contributed by atoms with Gasteiger partial charge in [-0.15, -0.1) is 0 Å². The molecule has 0 spiro atoms. The molecular weight excluding hydrogens is 288 g/mol. The number of anilines is 2. The van der Waals surface area contributed by atoms with Crippen molar-refractivity contribution in [2.45, 2.75) is 26.7 Å². The first-order valence-corrected chi connectivity index (χ1v) is 7.83. The van der Waals surface area contributed by atoms with E-state index in [0.717, 1.165) is 35.5 Å². The second-order valence-corrected chi connectivity index (χ2v) is 5.97. The summed E-state index contributed by atoms with van der Waals surface area (Å²) >= 11 is 0. The molecule has 4 nitrogen and oxygen atoms in total. The summed E-state index contributed by atoms with van der Waals surface area (Å²) in [7, 11) is 0. The number of nitrogens with zero attached hydrogens (tertiary/aromatic N) is 1. The van der Waals surface area contributed by atoms with Gasteiger partial charge in [-0.2, -0.15) is 0 Å². The van der Waals surface area contributed by atoms with Gasteiger partial charge in [0.05, 0.1) is 0 Å². The Balaban J connectivity index is 1.76. The summed E-state index contributed by atoms with van der Waals surface area (Å²) in [6.45, 7) is 4.72. The van der Waals surface area contributed by atoms with Crippen molar-refractivity contribution in [3.05, 3.63) is 59.2 Å². The highest BCUT2D eigenvalue weighted by atomic mass is 16.2. The van der Waals surface area contributed by atoms with Crippen LogP contribution < -0.4 is 10.2 Å². The van der Waals surface area contributed by atoms with Crippen LogP contribution >= 0.6 is 0 Å². The van der Waals surface area contributed by atoms with E-state index in [1.165, 1.54) is 0 Å². The SMILES string of the molecule is Cc1ccc(C(=O)Nc2ccc(N3CCCC3=O)c(C)c2)cc1. The average molecular weight is 308 g/mol. The van der Waals surface area contributed by atoms with E-state index in [1.807, 2.05) is 61.2 Å². The van der Waals surface area contributed by atoms with Gasteiger partial charge in [-0.25, -0.2) is 0 Å². The predicted molar refractivity (Wildman–Crippen MR) is 91.9 cm³/mol. The summed E-state index contributed by atoms with van der Waals surface area (Å²) in [6, 6.07) is 13.1. The molecule has 118 valence electrons. The Morgan fingerprint density at radius 3 is 2.43 bits per heavy atom. The zero-order valence-electron chi connectivity index (χ0n) is 13.4. The first-order valence-electron chi connectivity index (χ1n) is 7.83. The van der Waals surface area contributed by atoms with Gasteiger partial charge in [0.25, 0.3) is 5.91 Å². The first-order chi connectivity index (χ1) is 11.0. The molecule has 0 radical (unpaired) electrons. The molecule has 4 heteroatoms. The van der Waals surface area contributed by atoms with Crippen LogP contribution in [0.5, 0.6) is 0 Å². The van der Waals surface area contributed by atoms with Gasteiger partial charge in [0.1, 0.15) is 0 Å². The third-order valence-electron chi connectivity index (χ3n) is 4.13. The molecule has 1 aliphatic heterocycles. The number of carbonyl (C=O) groups excluding carboxylic acids is 2. The number of hydrogen-bond donors (Lipinski definition) is 1. The van der Waals surface area contributed by atoms with Crippen molar-refractivity contribution in [3.8, 4) is 0 Å². The monoisotopic (exact) mass is 308 g/mol. The Bertz CT molecular complexity index is 750. The number of amides is 2. The van der Waals surface area contributed by atoms with E-state index in [9.17, 15) is 9.59 Å². The van der Waals surface area contributed by atoms with Gasteiger partial charge in [0.15, 0.2) is 0 Å². The van der Waals surface area contributed by atoms with Gasteiger partial charge in [-0.1, -0.05) is 17.7 Å². The molecule has 0 saturated carbocycles. The number of hydrogen-bond acceptors (Lipinski definition) is 2. The highest BCUT2D eigenvalue weighted by molar-refractivity contribution is 6.04. The quantitative estimate of drug-likeness (QED) is 0.940. The molecule has 1 fully saturated rings. The van der Waals surface area contributed by atoms with E-state index in [2.05, 4.69) is 5.32 Å². The van der Waals surface area contributed by atoms with Crippen LogP contribution in [0.1, 0.15) is 34.3 Å². The third kappa shape index (κ3) is 3.26. The molecule has 0 atom stereocenters. The normalized spacial score (nSPS) is 14.2. The van der Waals surface area contributed by atoms with E-state index in [-0.39, 0.29) is 11.8 Å². The molecule has 0 bridgehead atoms. The maximum atomic E-state index is 12.3. The smallest absolute Gasteiger partial charge is 0.255 e. The van der Waals surface area contributed by atoms with Crippen LogP contribution in [0.3, 0.4) is 0 Å². The largest absolute Gasteiger partial charge is 0.322 e. The molecule has 2 aromatic carbocycles. The molecule has 1 aliphatic rings. The van der Waals surface area contributed by atoms with E-state index < -0.39 is 0 Å². The van der Waals surface area contributed by atoms with Crippen molar-refractivity contribution < 1.29 is 9.59 Å². The fraction of sp³-hybridized carbons (Fsp3) is 0.263. The second-order valence-electron chi connectivity index (χ2n) is 5.97. The minimum Gasteiger partial charge on any atom is -0.322 e. The van der Waals surface area contributed by atoms with E-state index >= 15 is 0 Å². The van der Waals surface area contributed by atoms with Crippen LogP contribution in [-0.2, 0) is 4.79 Å². The summed E-state index contributed by atoms with van der Waals surface area (Å²) in [4.78, 5) is 25.9. The van der Waals surface area contributed by atoms with Crippen LogP contribution in [0.25, 0.3) is 0 Å². The summed E-state index contributed by atoms with van der Waals surface area (Å²) in [6.07, 6.45) is 1.52. The fourth-order valence-electron chi connectivity index (χ4n) is 2.85. The Labute approximate surface area is 136 Å². The maximum Gasteiger partial charge on any atom is 0.255 e. The van der Waals surface area contributed by atoms with E-state index in [1.54, 1.807) is 0 Å². The van der Waals surface area contributed by atoms with Gasteiger partial charge in [0.2, 0.25) is 5.91 Å². The highest BCUT2D eigenvalue weighted by Crippen LogP contribution is 2.27. The van der Waals surface area contributed by atoms with Crippen molar-refractivity contribution in [2.75, 3.05) is 16.8 Å². The zero-order valence-corrected chi connectivity index (χ0v) is 13.4. The second kappa shape index (κ2) is 6.24. The summed E-state index contributed by atoms with van der Waals surface area (Å²) in [5.74, 6) is 0.0407. The number of benzene rings is 2. The van der Waals surface area contributed by atoms with Gasteiger partial charge >= 0.3 is 0 Å². The van der Waals surface area contributed by atoms with Crippen LogP contribution in [0.2, 0.25) is 0 Å². The number of rotatable bonds is 3. The van der Waals surface area contributed by atoms with Crippen molar-refractivity contribution in [1.82, 2.24) is 0 Å². The Morgan fingerprint density at radius 2 is 1.83 bits per heavy atom. The predicted octanol–water partition coefficient (Wildman–Crippen LogP) is 3.68. The fourth-order valence-corrected chi connectivity index (χ4v) is 2.85. The highest BCUT2D eigenvalue weighted by Gasteiger charge is 2.23. The molecule has 2 amide bonds.